The molecule has 25 heavy (non-hydrogen) atoms. The zero-order valence-electron chi connectivity index (χ0n) is 17.6. The predicted octanol–water partition coefficient (Wildman–Crippen LogP) is 9.12. The van der Waals surface area contributed by atoms with E-state index in [1.54, 1.807) is 0 Å². The zero-order chi connectivity index (χ0) is 18.3. The average molecular weight is 354 g/mol. The van der Waals surface area contributed by atoms with Crippen molar-refractivity contribution in [3.63, 3.8) is 0 Å². The molecule has 0 fully saturated rings. The molecular weight excluding hydrogens is 304 g/mol. The fourth-order valence-electron chi connectivity index (χ4n) is 3.67. The number of aliphatic hydroxyl groups excluding tert-OH is 1. The molecule has 0 aromatic heterocycles. The van der Waals surface area contributed by atoms with Crippen LogP contribution in [0.5, 0.6) is 0 Å². The Hall–Kier alpha value is -0.0400. The van der Waals surface area contributed by atoms with Crippen molar-refractivity contribution in [3.8, 4) is 0 Å². The minimum atomic E-state index is 0.874. The second-order valence-corrected chi connectivity index (χ2v) is 8.04. The van der Waals surface area contributed by atoms with Gasteiger partial charge in [-0.1, -0.05) is 142 Å². The van der Waals surface area contributed by atoms with Crippen LogP contribution >= 0.6 is 0 Å². The van der Waals surface area contributed by atoms with Gasteiger partial charge in [-0.15, -0.1) is 0 Å². The van der Waals surface area contributed by atoms with Gasteiger partial charge in [-0.3, -0.25) is 0 Å². The van der Waals surface area contributed by atoms with Crippen molar-refractivity contribution >= 4 is 0 Å². The monoisotopic (exact) mass is 353 g/mol. The van der Waals surface area contributed by atoms with E-state index in [1.165, 1.54) is 135 Å². The summed E-state index contributed by atoms with van der Waals surface area (Å²) in [6.07, 6.45) is 30.8. The third-order valence-corrected chi connectivity index (χ3v) is 5.44. The van der Waals surface area contributed by atoms with Gasteiger partial charge in [-0.25, -0.2) is 0 Å². The molecule has 0 saturated heterocycles. The number of aliphatic hydroxyl groups is 1. The average Bonchev–Trinajstić information content (AvgIpc) is 2.63. The van der Waals surface area contributed by atoms with Gasteiger partial charge in [0, 0.05) is 0 Å². The summed E-state index contributed by atoms with van der Waals surface area (Å²) in [6, 6.07) is 0. The maximum absolute atomic E-state index is 8.60. The molecule has 1 radical (unpaired) electrons. The van der Waals surface area contributed by atoms with Gasteiger partial charge in [-0.05, 0) is 6.42 Å². The molecule has 0 rings (SSSR count). The van der Waals surface area contributed by atoms with Gasteiger partial charge in [0.25, 0.3) is 0 Å². The van der Waals surface area contributed by atoms with Gasteiger partial charge in [-0.2, -0.15) is 0 Å². The van der Waals surface area contributed by atoms with Gasteiger partial charge < -0.3 is 5.11 Å². The SMILES string of the molecule is CCCCCCCCCCCCCCCCCCCCCCC[CH]O. The maximum Gasteiger partial charge on any atom is 0.0799 e. The fraction of sp³-hybridized carbons (Fsp3) is 0.958. The topological polar surface area (TPSA) is 20.2 Å². The molecule has 0 spiro atoms. The highest BCUT2D eigenvalue weighted by Crippen LogP contribution is 2.15. The molecule has 0 amide bonds. The largest absolute Gasteiger partial charge is 0.390 e. The minimum absolute atomic E-state index is 0.874. The summed E-state index contributed by atoms with van der Waals surface area (Å²) >= 11 is 0. The number of rotatable bonds is 22. The van der Waals surface area contributed by atoms with Crippen molar-refractivity contribution in [2.75, 3.05) is 0 Å². The Labute approximate surface area is 160 Å². The molecule has 0 bridgehead atoms. The zero-order valence-corrected chi connectivity index (χ0v) is 17.6. The molecule has 0 saturated carbocycles. The summed E-state index contributed by atoms with van der Waals surface area (Å²) in [5, 5.41) is 8.60. The van der Waals surface area contributed by atoms with E-state index in [0.29, 0.717) is 0 Å². The van der Waals surface area contributed by atoms with Crippen molar-refractivity contribution < 1.29 is 5.11 Å². The molecule has 1 N–H and O–H groups in total. The summed E-state index contributed by atoms with van der Waals surface area (Å²) in [5.41, 5.74) is 0. The van der Waals surface area contributed by atoms with Crippen LogP contribution in [0.15, 0.2) is 0 Å². The second-order valence-electron chi connectivity index (χ2n) is 8.04. The molecule has 151 valence electrons. The summed E-state index contributed by atoms with van der Waals surface area (Å²) in [5.74, 6) is 0. The first-order chi connectivity index (χ1) is 12.4. The van der Waals surface area contributed by atoms with Crippen LogP contribution < -0.4 is 0 Å². The Kier molecular flexibility index (Phi) is 23.9. The van der Waals surface area contributed by atoms with Gasteiger partial charge in [0.15, 0.2) is 0 Å². The number of unbranched alkanes of at least 4 members (excludes halogenated alkanes) is 21. The molecule has 0 unspecified atom stereocenters. The van der Waals surface area contributed by atoms with E-state index in [-0.39, 0.29) is 0 Å². The normalized spacial score (nSPS) is 11.3. The minimum Gasteiger partial charge on any atom is -0.390 e. The smallest absolute Gasteiger partial charge is 0.0799 e. The molecule has 0 aliphatic rings. The first kappa shape index (κ1) is 25.0. The van der Waals surface area contributed by atoms with E-state index in [2.05, 4.69) is 6.92 Å². The molecule has 0 heterocycles. The van der Waals surface area contributed by atoms with E-state index in [4.69, 9.17) is 5.11 Å². The molecule has 0 aromatic carbocycles. The van der Waals surface area contributed by atoms with Crippen LogP contribution in [-0.4, -0.2) is 5.11 Å². The van der Waals surface area contributed by atoms with Crippen molar-refractivity contribution in [1.29, 1.82) is 0 Å². The lowest BCUT2D eigenvalue weighted by molar-refractivity contribution is 0.367. The van der Waals surface area contributed by atoms with Crippen molar-refractivity contribution in [1.82, 2.24) is 0 Å². The maximum atomic E-state index is 8.60. The van der Waals surface area contributed by atoms with Crippen LogP contribution in [0.3, 0.4) is 0 Å². The quantitative estimate of drug-likeness (QED) is 0.192. The first-order valence-corrected chi connectivity index (χ1v) is 11.9. The Morgan fingerprint density at radius 1 is 0.400 bits per heavy atom. The van der Waals surface area contributed by atoms with Gasteiger partial charge in [0.1, 0.15) is 0 Å². The fourth-order valence-corrected chi connectivity index (χ4v) is 3.67. The van der Waals surface area contributed by atoms with Crippen LogP contribution in [0.25, 0.3) is 0 Å². The summed E-state index contributed by atoms with van der Waals surface area (Å²) in [4.78, 5) is 0. The Morgan fingerprint density at radius 2 is 0.640 bits per heavy atom. The number of hydrogen-bond acceptors (Lipinski definition) is 1. The van der Waals surface area contributed by atoms with Gasteiger partial charge in [0.2, 0.25) is 0 Å². The van der Waals surface area contributed by atoms with Gasteiger partial charge in [0.05, 0.1) is 6.61 Å². The molecule has 1 nitrogen and oxygen atoms in total. The van der Waals surface area contributed by atoms with Crippen molar-refractivity contribution in [2.24, 2.45) is 0 Å². The van der Waals surface area contributed by atoms with E-state index in [1.807, 2.05) is 0 Å². The third kappa shape index (κ3) is 24.0. The summed E-state index contributed by atoms with van der Waals surface area (Å²) in [7, 11) is 0. The molecule has 0 aliphatic carbocycles. The van der Waals surface area contributed by atoms with Gasteiger partial charge >= 0.3 is 0 Å². The lowest BCUT2D eigenvalue weighted by Gasteiger charge is -2.04. The van der Waals surface area contributed by atoms with Crippen LogP contribution in [0.2, 0.25) is 0 Å². The van der Waals surface area contributed by atoms with Crippen LogP contribution in [0, 0.1) is 6.61 Å². The Bertz CT molecular complexity index is 192. The Balaban J connectivity index is 2.94. The summed E-state index contributed by atoms with van der Waals surface area (Å²) in [6.45, 7) is 3.60. The highest BCUT2D eigenvalue weighted by Gasteiger charge is 1.95. The van der Waals surface area contributed by atoms with Crippen molar-refractivity contribution in [3.05, 3.63) is 6.61 Å². The highest BCUT2D eigenvalue weighted by atomic mass is 16.2. The number of hydrogen-bond donors (Lipinski definition) is 1. The van der Waals surface area contributed by atoms with Crippen LogP contribution in [0.4, 0.5) is 0 Å². The van der Waals surface area contributed by atoms with E-state index in [9.17, 15) is 0 Å². The summed E-state index contributed by atoms with van der Waals surface area (Å²) < 4.78 is 0. The lowest BCUT2D eigenvalue weighted by atomic mass is 10.0. The van der Waals surface area contributed by atoms with Crippen molar-refractivity contribution in [2.45, 2.75) is 148 Å². The predicted molar refractivity (Wildman–Crippen MR) is 113 cm³/mol. The first-order valence-electron chi connectivity index (χ1n) is 11.9. The molecule has 0 atom stereocenters. The van der Waals surface area contributed by atoms with Crippen LogP contribution in [0.1, 0.15) is 148 Å². The molecule has 1 heteroatoms. The molecule has 0 aromatic rings. The molecular formula is C24H49O. The van der Waals surface area contributed by atoms with E-state index in [0.717, 1.165) is 12.8 Å². The second kappa shape index (κ2) is 24.0. The standard InChI is InChI=1S/C24H49O/c1-2-3-4-5-6-7-8-9-10-11-12-13-14-15-16-17-18-19-20-21-22-23-24-25/h24-25H,2-23H2,1H3. The lowest BCUT2D eigenvalue weighted by Crippen LogP contribution is -1.84. The highest BCUT2D eigenvalue weighted by molar-refractivity contribution is 4.52. The van der Waals surface area contributed by atoms with Crippen LogP contribution in [-0.2, 0) is 0 Å². The Morgan fingerprint density at radius 3 is 0.880 bits per heavy atom. The third-order valence-electron chi connectivity index (χ3n) is 5.44. The molecule has 0 aliphatic heterocycles. The van der Waals surface area contributed by atoms with E-state index >= 15 is 0 Å². The van der Waals surface area contributed by atoms with E-state index < -0.39 is 0 Å².